The van der Waals surface area contributed by atoms with Gasteiger partial charge in [-0.15, -0.1) is 11.3 Å². The predicted octanol–water partition coefficient (Wildman–Crippen LogP) is 4.57. The first-order valence-electron chi connectivity index (χ1n) is 6.55. The number of benzene rings is 1. The van der Waals surface area contributed by atoms with Crippen molar-refractivity contribution in [1.29, 1.82) is 0 Å². The lowest BCUT2D eigenvalue weighted by Gasteiger charge is -2.18. The molecule has 3 nitrogen and oxygen atoms in total. The largest absolute Gasteiger partial charge is 0.271 e. The van der Waals surface area contributed by atoms with Gasteiger partial charge in [-0.1, -0.05) is 32.9 Å². The zero-order valence-corrected chi connectivity index (χ0v) is 14.6. The first-order valence-corrected chi connectivity index (χ1v) is 8.16. The van der Waals surface area contributed by atoms with Gasteiger partial charge in [-0.05, 0) is 51.2 Å². The van der Waals surface area contributed by atoms with Crippen molar-refractivity contribution in [2.24, 2.45) is 5.10 Å². The molecule has 1 N–H and O–H groups in total. The van der Waals surface area contributed by atoms with Crippen LogP contribution in [-0.2, 0) is 5.41 Å². The molecule has 21 heavy (non-hydrogen) atoms. The molecule has 5 heteroatoms. The zero-order chi connectivity index (χ0) is 15.5. The molecule has 0 radical (unpaired) electrons. The van der Waals surface area contributed by atoms with Crippen LogP contribution < -0.4 is 5.43 Å². The summed E-state index contributed by atoms with van der Waals surface area (Å²) in [6.45, 7) is 6.43. The molecular formula is C16H17BrN2OS. The molecule has 110 valence electrons. The molecule has 0 fully saturated rings. The fourth-order valence-corrected chi connectivity index (χ4v) is 3.03. The Kier molecular flexibility index (Phi) is 4.96. The van der Waals surface area contributed by atoms with Crippen molar-refractivity contribution >= 4 is 39.4 Å². The third-order valence-corrected chi connectivity index (χ3v) is 4.52. The minimum Gasteiger partial charge on any atom is -0.267 e. The molecule has 1 aromatic heterocycles. The lowest BCUT2D eigenvalue weighted by atomic mass is 9.87. The van der Waals surface area contributed by atoms with Crippen LogP contribution in [0, 0.1) is 0 Å². The standard InChI is InChI=1S/C16H17BrN2OS/c1-16(2,3)12-6-4-11(5-7-12)15(20)19-18-10-13-8-9-14(17)21-13/h4-10H,1-3H3,(H,19,20)/b18-10+. The first kappa shape index (κ1) is 15.9. The van der Waals surface area contributed by atoms with E-state index in [-0.39, 0.29) is 11.3 Å². The summed E-state index contributed by atoms with van der Waals surface area (Å²) in [6.07, 6.45) is 1.64. The third kappa shape index (κ3) is 4.51. The minimum absolute atomic E-state index is 0.0831. The maximum Gasteiger partial charge on any atom is 0.271 e. The molecule has 1 amide bonds. The summed E-state index contributed by atoms with van der Waals surface area (Å²) in [6, 6.07) is 11.5. The molecule has 0 saturated carbocycles. The topological polar surface area (TPSA) is 41.5 Å². The van der Waals surface area contributed by atoms with E-state index in [1.807, 2.05) is 36.4 Å². The Hall–Kier alpha value is -1.46. The second-order valence-electron chi connectivity index (χ2n) is 5.67. The minimum atomic E-state index is -0.206. The molecular weight excluding hydrogens is 348 g/mol. The van der Waals surface area contributed by atoms with E-state index in [1.165, 1.54) is 5.56 Å². The highest BCUT2D eigenvalue weighted by Gasteiger charge is 2.14. The number of hydrogen-bond acceptors (Lipinski definition) is 3. The number of nitrogens with zero attached hydrogens (tertiary/aromatic N) is 1. The van der Waals surface area contributed by atoms with Crippen LogP contribution in [0.25, 0.3) is 0 Å². The lowest BCUT2D eigenvalue weighted by molar-refractivity contribution is 0.0955. The normalized spacial score (nSPS) is 11.8. The third-order valence-electron chi connectivity index (χ3n) is 2.96. The first-order chi connectivity index (χ1) is 9.86. The second kappa shape index (κ2) is 6.54. The highest BCUT2D eigenvalue weighted by Crippen LogP contribution is 2.22. The van der Waals surface area contributed by atoms with E-state index in [4.69, 9.17) is 0 Å². The Morgan fingerprint density at radius 1 is 1.19 bits per heavy atom. The highest BCUT2D eigenvalue weighted by molar-refractivity contribution is 9.11. The lowest BCUT2D eigenvalue weighted by Crippen LogP contribution is -2.18. The van der Waals surface area contributed by atoms with Crippen molar-refractivity contribution in [2.75, 3.05) is 0 Å². The molecule has 0 unspecified atom stereocenters. The van der Waals surface area contributed by atoms with Gasteiger partial charge < -0.3 is 0 Å². The van der Waals surface area contributed by atoms with Crippen LogP contribution in [0.2, 0.25) is 0 Å². The molecule has 0 atom stereocenters. The average molecular weight is 365 g/mol. The number of nitrogens with one attached hydrogen (secondary N) is 1. The fraction of sp³-hybridized carbons (Fsp3) is 0.250. The fourth-order valence-electron chi connectivity index (χ4n) is 1.74. The van der Waals surface area contributed by atoms with Crippen LogP contribution in [-0.4, -0.2) is 12.1 Å². The van der Waals surface area contributed by atoms with Crippen LogP contribution in [0.3, 0.4) is 0 Å². The number of hydrazone groups is 1. The van der Waals surface area contributed by atoms with Crippen LogP contribution >= 0.6 is 27.3 Å². The maximum absolute atomic E-state index is 12.0. The zero-order valence-electron chi connectivity index (χ0n) is 12.2. The van der Waals surface area contributed by atoms with Gasteiger partial charge in [0.1, 0.15) is 0 Å². The molecule has 1 aromatic carbocycles. The van der Waals surface area contributed by atoms with E-state index >= 15 is 0 Å². The second-order valence-corrected chi connectivity index (χ2v) is 8.16. The summed E-state index contributed by atoms with van der Waals surface area (Å²) in [5.74, 6) is -0.206. The van der Waals surface area contributed by atoms with E-state index in [2.05, 4.69) is 47.2 Å². The Morgan fingerprint density at radius 2 is 1.86 bits per heavy atom. The number of thiophene rings is 1. The molecule has 2 rings (SSSR count). The molecule has 0 bridgehead atoms. The summed E-state index contributed by atoms with van der Waals surface area (Å²) in [7, 11) is 0. The van der Waals surface area contributed by atoms with Crippen molar-refractivity contribution in [3.8, 4) is 0 Å². The van der Waals surface area contributed by atoms with E-state index < -0.39 is 0 Å². The molecule has 0 aliphatic rings. The van der Waals surface area contributed by atoms with E-state index in [9.17, 15) is 4.79 Å². The molecule has 0 saturated heterocycles. The number of hydrogen-bond donors (Lipinski definition) is 1. The van der Waals surface area contributed by atoms with Crippen molar-refractivity contribution in [3.05, 3.63) is 56.2 Å². The number of rotatable bonds is 3. The number of carbonyl (C=O) groups excluding carboxylic acids is 1. The van der Waals surface area contributed by atoms with Crippen LogP contribution in [0.1, 0.15) is 41.6 Å². The van der Waals surface area contributed by atoms with Crippen molar-refractivity contribution < 1.29 is 4.79 Å². The Bertz CT molecular complexity index is 654. The summed E-state index contributed by atoms with van der Waals surface area (Å²) >= 11 is 4.94. The Labute approximate surface area is 137 Å². The number of amides is 1. The summed E-state index contributed by atoms with van der Waals surface area (Å²) in [4.78, 5) is 12.9. The van der Waals surface area contributed by atoms with Gasteiger partial charge in [0.2, 0.25) is 0 Å². The van der Waals surface area contributed by atoms with Crippen LogP contribution in [0.5, 0.6) is 0 Å². The van der Waals surface area contributed by atoms with Gasteiger partial charge in [0.15, 0.2) is 0 Å². The van der Waals surface area contributed by atoms with Gasteiger partial charge in [-0.3, -0.25) is 4.79 Å². The van der Waals surface area contributed by atoms with Gasteiger partial charge in [0.25, 0.3) is 5.91 Å². The monoisotopic (exact) mass is 364 g/mol. The Morgan fingerprint density at radius 3 is 2.38 bits per heavy atom. The van der Waals surface area contributed by atoms with E-state index in [0.717, 1.165) is 8.66 Å². The van der Waals surface area contributed by atoms with E-state index in [1.54, 1.807) is 17.6 Å². The van der Waals surface area contributed by atoms with Gasteiger partial charge in [-0.2, -0.15) is 5.10 Å². The van der Waals surface area contributed by atoms with Crippen LogP contribution in [0.4, 0.5) is 0 Å². The average Bonchev–Trinajstić information content (AvgIpc) is 2.83. The van der Waals surface area contributed by atoms with Gasteiger partial charge in [0.05, 0.1) is 10.0 Å². The summed E-state index contributed by atoms with van der Waals surface area (Å²) in [5.41, 5.74) is 4.42. The van der Waals surface area contributed by atoms with Gasteiger partial charge >= 0.3 is 0 Å². The molecule has 0 aliphatic carbocycles. The van der Waals surface area contributed by atoms with Crippen molar-refractivity contribution in [2.45, 2.75) is 26.2 Å². The Balaban J connectivity index is 1.99. The number of carbonyl (C=O) groups is 1. The van der Waals surface area contributed by atoms with Crippen molar-refractivity contribution in [3.63, 3.8) is 0 Å². The molecule has 2 aromatic rings. The van der Waals surface area contributed by atoms with Crippen molar-refractivity contribution in [1.82, 2.24) is 5.43 Å². The summed E-state index contributed by atoms with van der Waals surface area (Å²) in [5, 5.41) is 3.97. The van der Waals surface area contributed by atoms with Crippen LogP contribution in [0.15, 0.2) is 45.3 Å². The summed E-state index contributed by atoms with van der Waals surface area (Å²) < 4.78 is 1.04. The maximum atomic E-state index is 12.0. The molecule has 1 heterocycles. The SMILES string of the molecule is CC(C)(C)c1ccc(C(=O)N/N=C/c2ccc(Br)s2)cc1. The van der Waals surface area contributed by atoms with Gasteiger partial charge in [-0.25, -0.2) is 5.43 Å². The predicted molar refractivity (Wildman–Crippen MR) is 92.2 cm³/mol. The quantitative estimate of drug-likeness (QED) is 0.628. The molecule has 0 aliphatic heterocycles. The smallest absolute Gasteiger partial charge is 0.267 e. The highest BCUT2D eigenvalue weighted by atomic mass is 79.9. The van der Waals surface area contributed by atoms with Gasteiger partial charge in [0, 0.05) is 10.4 Å². The van der Waals surface area contributed by atoms with E-state index in [0.29, 0.717) is 5.56 Å². The number of halogens is 1. The molecule has 0 spiro atoms.